The Labute approximate surface area is 215 Å². The first kappa shape index (κ1) is 24.3. The van der Waals surface area contributed by atoms with Crippen molar-refractivity contribution in [2.75, 3.05) is 5.75 Å². The van der Waals surface area contributed by atoms with Gasteiger partial charge in [0, 0.05) is 22.0 Å². The lowest BCUT2D eigenvalue weighted by Gasteiger charge is -2.44. The molecule has 13 heteroatoms. The predicted molar refractivity (Wildman–Crippen MR) is 133 cm³/mol. The monoisotopic (exact) mass is 524 g/mol. The smallest absolute Gasteiger partial charge is 0.249 e. The van der Waals surface area contributed by atoms with Crippen molar-refractivity contribution in [3.8, 4) is 0 Å². The molecule has 11 nitrogen and oxygen atoms in total. The van der Waals surface area contributed by atoms with Crippen LogP contribution >= 0.6 is 23.5 Å². The SMILES string of the molecule is CC1(C)S[C@@H]2C(NC(=O)C(NC(=O)CSc3ccncc3)c3ccccc3)C(=O)N2C1c1nnn[nH]1. The van der Waals surface area contributed by atoms with Gasteiger partial charge in [0.25, 0.3) is 0 Å². The normalized spacial score (nSPS) is 22.9. The molecule has 0 radical (unpaired) electrons. The number of hydrogen-bond donors (Lipinski definition) is 3. The van der Waals surface area contributed by atoms with Gasteiger partial charge in [-0.25, -0.2) is 5.10 Å². The molecule has 2 saturated heterocycles. The van der Waals surface area contributed by atoms with Gasteiger partial charge < -0.3 is 15.5 Å². The second-order valence-corrected chi connectivity index (χ2v) is 11.7. The molecule has 0 spiro atoms. The average molecular weight is 525 g/mol. The Hall–Kier alpha value is -3.45. The maximum atomic E-state index is 13.4. The van der Waals surface area contributed by atoms with Crippen LogP contribution in [-0.4, -0.2) is 70.1 Å². The quantitative estimate of drug-likeness (QED) is 0.294. The van der Waals surface area contributed by atoms with Crippen LogP contribution in [0.3, 0.4) is 0 Å². The van der Waals surface area contributed by atoms with Crippen LogP contribution in [0.4, 0.5) is 0 Å². The first-order chi connectivity index (χ1) is 17.3. The van der Waals surface area contributed by atoms with E-state index in [4.69, 9.17) is 0 Å². The van der Waals surface area contributed by atoms with Crippen LogP contribution in [-0.2, 0) is 14.4 Å². The number of thioether (sulfide) groups is 2. The van der Waals surface area contributed by atoms with Crippen LogP contribution in [0, 0.1) is 0 Å². The third-order valence-corrected chi connectivity index (χ3v) is 8.66. The number of rotatable bonds is 8. The summed E-state index contributed by atoms with van der Waals surface area (Å²) in [6, 6.07) is 10.6. The van der Waals surface area contributed by atoms with E-state index in [1.54, 1.807) is 53.3 Å². The third-order valence-electron chi connectivity index (χ3n) is 6.08. The minimum Gasteiger partial charge on any atom is -0.340 e. The number of β-lactam (4-membered cyclic amide) rings is 1. The van der Waals surface area contributed by atoms with E-state index in [0.29, 0.717) is 11.4 Å². The number of nitrogens with one attached hydrogen (secondary N) is 3. The van der Waals surface area contributed by atoms with Gasteiger partial charge in [0.2, 0.25) is 17.7 Å². The minimum atomic E-state index is -0.938. The Morgan fingerprint density at radius 3 is 2.64 bits per heavy atom. The summed E-state index contributed by atoms with van der Waals surface area (Å²) < 4.78 is -0.363. The number of pyridine rings is 1. The number of H-pyrrole nitrogens is 1. The molecule has 0 bridgehead atoms. The first-order valence-corrected chi connectivity index (χ1v) is 13.1. The molecule has 186 valence electrons. The molecule has 1 aromatic carbocycles. The highest BCUT2D eigenvalue weighted by molar-refractivity contribution is 8.01. The van der Waals surface area contributed by atoms with Gasteiger partial charge in [-0.05, 0) is 42.0 Å². The maximum Gasteiger partial charge on any atom is 0.249 e. The minimum absolute atomic E-state index is 0.135. The largest absolute Gasteiger partial charge is 0.340 e. The number of benzene rings is 1. The number of aromatic nitrogens is 5. The standard InChI is InChI=1S/C23H24N8O3S2/c1-23(2)18(19-27-29-30-28-19)31-21(34)17(22(31)36-23)26-20(33)16(13-6-4-3-5-7-13)25-15(32)12-35-14-8-10-24-11-9-14/h3-11,16-18,22H,12H2,1-2H3,(H,25,32)(H,26,33)(H,27,28,29,30)/t16?,17?,18?,22-/m1/s1. The number of nitrogens with zero attached hydrogens (tertiary/aromatic N) is 5. The van der Waals surface area contributed by atoms with Gasteiger partial charge in [-0.15, -0.1) is 28.6 Å². The Bertz CT molecular complexity index is 1240. The summed E-state index contributed by atoms with van der Waals surface area (Å²) in [7, 11) is 0. The van der Waals surface area contributed by atoms with Gasteiger partial charge in [-0.2, -0.15) is 0 Å². The number of fused-ring (bicyclic) bond motifs is 1. The molecular weight excluding hydrogens is 500 g/mol. The molecule has 4 atom stereocenters. The average Bonchev–Trinajstić information content (AvgIpc) is 3.49. The van der Waals surface area contributed by atoms with Crippen molar-refractivity contribution in [2.45, 2.75) is 47.0 Å². The van der Waals surface area contributed by atoms with Gasteiger partial charge in [0.05, 0.1) is 5.75 Å². The fourth-order valence-corrected chi connectivity index (χ4v) is 6.77. The number of amides is 3. The molecule has 3 unspecified atom stereocenters. The second-order valence-electron chi connectivity index (χ2n) is 8.92. The number of tetrazole rings is 1. The summed E-state index contributed by atoms with van der Waals surface area (Å²) in [5, 5.41) is 19.5. The lowest BCUT2D eigenvalue weighted by Crippen LogP contribution is -2.68. The summed E-state index contributed by atoms with van der Waals surface area (Å²) in [5.74, 6) is -0.300. The van der Waals surface area contributed by atoms with Gasteiger partial charge >= 0.3 is 0 Å². The second kappa shape index (κ2) is 9.90. The highest BCUT2D eigenvalue weighted by Crippen LogP contribution is 2.56. The molecule has 0 saturated carbocycles. The Balaban J connectivity index is 1.28. The number of aromatic amines is 1. The van der Waals surface area contributed by atoms with E-state index in [1.807, 2.05) is 32.0 Å². The lowest BCUT2D eigenvalue weighted by atomic mass is 9.95. The highest BCUT2D eigenvalue weighted by atomic mass is 32.2. The molecule has 3 aromatic rings. The Morgan fingerprint density at radius 1 is 1.19 bits per heavy atom. The molecular formula is C23H24N8O3S2. The Morgan fingerprint density at radius 2 is 1.94 bits per heavy atom. The highest BCUT2D eigenvalue weighted by Gasteiger charge is 2.63. The van der Waals surface area contributed by atoms with Gasteiger partial charge in [-0.3, -0.25) is 19.4 Å². The maximum absolute atomic E-state index is 13.4. The van der Waals surface area contributed by atoms with Crippen LogP contribution in [0.2, 0.25) is 0 Å². The van der Waals surface area contributed by atoms with Gasteiger partial charge in [0.1, 0.15) is 23.5 Å². The van der Waals surface area contributed by atoms with E-state index in [9.17, 15) is 14.4 Å². The van der Waals surface area contributed by atoms with Crippen molar-refractivity contribution < 1.29 is 14.4 Å². The summed E-state index contributed by atoms with van der Waals surface area (Å²) >= 11 is 2.94. The van der Waals surface area contributed by atoms with E-state index in [2.05, 4.69) is 36.2 Å². The van der Waals surface area contributed by atoms with Crippen LogP contribution in [0.15, 0.2) is 59.8 Å². The van der Waals surface area contributed by atoms with Crippen molar-refractivity contribution in [2.24, 2.45) is 0 Å². The molecule has 3 N–H and O–H groups in total. The molecule has 4 heterocycles. The van der Waals surface area contributed by atoms with Gasteiger partial charge in [-0.1, -0.05) is 30.3 Å². The summed E-state index contributed by atoms with van der Waals surface area (Å²) in [5.41, 5.74) is 0.630. The topological polar surface area (TPSA) is 146 Å². The van der Waals surface area contributed by atoms with E-state index in [0.717, 1.165) is 4.90 Å². The molecule has 3 amide bonds. The van der Waals surface area contributed by atoms with E-state index in [-0.39, 0.29) is 33.7 Å². The molecule has 5 rings (SSSR count). The zero-order valence-electron chi connectivity index (χ0n) is 19.5. The first-order valence-electron chi connectivity index (χ1n) is 11.3. The van der Waals surface area contributed by atoms with E-state index < -0.39 is 18.0 Å². The molecule has 2 fully saturated rings. The van der Waals surface area contributed by atoms with Crippen molar-refractivity contribution >= 4 is 41.2 Å². The lowest BCUT2D eigenvalue weighted by molar-refractivity contribution is -0.152. The zero-order valence-corrected chi connectivity index (χ0v) is 21.1. The molecule has 36 heavy (non-hydrogen) atoms. The number of carbonyl (C=O) groups excluding carboxylic acids is 3. The van der Waals surface area contributed by atoms with Crippen molar-refractivity contribution in [3.63, 3.8) is 0 Å². The number of carbonyl (C=O) groups is 3. The van der Waals surface area contributed by atoms with E-state index >= 15 is 0 Å². The van der Waals surface area contributed by atoms with Crippen LogP contribution in [0.25, 0.3) is 0 Å². The predicted octanol–water partition coefficient (Wildman–Crippen LogP) is 1.46. The van der Waals surface area contributed by atoms with E-state index in [1.165, 1.54) is 11.8 Å². The van der Waals surface area contributed by atoms with Gasteiger partial charge in [0.15, 0.2) is 5.82 Å². The molecule has 2 aliphatic rings. The third kappa shape index (κ3) is 4.67. The van der Waals surface area contributed by atoms with Crippen molar-refractivity contribution in [3.05, 3.63) is 66.2 Å². The number of hydrogen-bond acceptors (Lipinski definition) is 9. The van der Waals surface area contributed by atoms with Crippen molar-refractivity contribution in [1.82, 2.24) is 41.1 Å². The fourth-order valence-electron chi connectivity index (χ4n) is 4.44. The summed E-state index contributed by atoms with van der Waals surface area (Å²) in [6.45, 7) is 4.03. The summed E-state index contributed by atoms with van der Waals surface area (Å²) in [4.78, 5) is 45.9. The molecule has 0 aliphatic carbocycles. The van der Waals surface area contributed by atoms with Crippen LogP contribution in [0.5, 0.6) is 0 Å². The van der Waals surface area contributed by atoms with Crippen LogP contribution in [0.1, 0.15) is 37.3 Å². The molecule has 2 aliphatic heterocycles. The molecule has 2 aromatic heterocycles. The van der Waals surface area contributed by atoms with Crippen LogP contribution < -0.4 is 10.6 Å². The zero-order chi connectivity index (χ0) is 25.3. The Kier molecular flexibility index (Phi) is 6.67. The van der Waals surface area contributed by atoms with Crippen molar-refractivity contribution in [1.29, 1.82) is 0 Å². The fraction of sp³-hybridized carbons (Fsp3) is 0.348. The summed E-state index contributed by atoms with van der Waals surface area (Å²) in [6.07, 6.45) is 3.32.